The average molecular weight is 286 g/mol. The Balaban J connectivity index is 1.88. The molecule has 0 aliphatic heterocycles. The van der Waals surface area contributed by atoms with Gasteiger partial charge < -0.3 is 5.32 Å². The highest BCUT2D eigenvalue weighted by atomic mass is 32.1. The van der Waals surface area contributed by atoms with E-state index in [1.54, 1.807) is 23.5 Å². The van der Waals surface area contributed by atoms with Crippen molar-refractivity contribution in [1.29, 1.82) is 0 Å². The van der Waals surface area contributed by atoms with E-state index in [0.717, 1.165) is 23.1 Å². The Kier molecular flexibility index (Phi) is 3.76. The van der Waals surface area contributed by atoms with E-state index in [1.807, 2.05) is 30.8 Å². The van der Waals surface area contributed by atoms with Gasteiger partial charge in [0.15, 0.2) is 0 Å². The lowest BCUT2D eigenvalue weighted by Crippen LogP contribution is -2.19. The molecular formula is C16H15FN2S. The first-order valence-corrected chi connectivity index (χ1v) is 7.39. The summed E-state index contributed by atoms with van der Waals surface area (Å²) in [6.07, 6.45) is 2.64. The molecule has 2 aromatic heterocycles. The van der Waals surface area contributed by atoms with E-state index in [-0.39, 0.29) is 11.9 Å². The van der Waals surface area contributed by atoms with Crippen molar-refractivity contribution >= 4 is 21.6 Å². The molecule has 20 heavy (non-hydrogen) atoms. The summed E-state index contributed by atoms with van der Waals surface area (Å²) >= 11 is 1.69. The normalized spacial score (nSPS) is 12.7. The molecule has 0 aliphatic rings. The fraction of sp³-hybridized carbons (Fsp3) is 0.188. The van der Waals surface area contributed by atoms with Gasteiger partial charge in [-0.3, -0.25) is 4.98 Å². The molecule has 3 rings (SSSR count). The van der Waals surface area contributed by atoms with E-state index in [4.69, 9.17) is 0 Å². The Morgan fingerprint density at radius 1 is 1.30 bits per heavy atom. The van der Waals surface area contributed by atoms with E-state index < -0.39 is 0 Å². The van der Waals surface area contributed by atoms with Gasteiger partial charge in [-0.25, -0.2) is 4.39 Å². The third-order valence-electron chi connectivity index (χ3n) is 3.40. The summed E-state index contributed by atoms with van der Waals surface area (Å²) in [5.74, 6) is -0.191. The van der Waals surface area contributed by atoms with E-state index in [1.165, 1.54) is 10.8 Å². The molecule has 3 aromatic rings. The van der Waals surface area contributed by atoms with Gasteiger partial charge in [-0.2, -0.15) is 0 Å². The van der Waals surface area contributed by atoms with Gasteiger partial charge in [0.1, 0.15) is 5.82 Å². The molecule has 0 bridgehead atoms. The van der Waals surface area contributed by atoms with Crippen LogP contribution in [0.5, 0.6) is 0 Å². The van der Waals surface area contributed by atoms with Crippen LogP contribution in [0.25, 0.3) is 10.2 Å². The Bertz CT molecular complexity index is 723. The van der Waals surface area contributed by atoms with Gasteiger partial charge >= 0.3 is 0 Å². The zero-order valence-electron chi connectivity index (χ0n) is 11.1. The van der Waals surface area contributed by atoms with Crippen molar-refractivity contribution in [3.8, 4) is 0 Å². The number of likely N-dealkylation sites (N-methyl/N-ethyl adjacent to an activating group) is 1. The van der Waals surface area contributed by atoms with Crippen LogP contribution in [0.2, 0.25) is 0 Å². The number of fused-ring (bicyclic) bond motifs is 1. The zero-order valence-corrected chi connectivity index (χ0v) is 12.0. The Morgan fingerprint density at radius 3 is 3.00 bits per heavy atom. The number of nitrogens with zero attached hydrogens (tertiary/aromatic N) is 1. The predicted molar refractivity (Wildman–Crippen MR) is 81.5 cm³/mol. The van der Waals surface area contributed by atoms with Crippen molar-refractivity contribution in [3.63, 3.8) is 0 Å². The van der Waals surface area contributed by atoms with Crippen molar-refractivity contribution in [2.24, 2.45) is 0 Å². The third-order valence-corrected chi connectivity index (χ3v) is 4.26. The van der Waals surface area contributed by atoms with Crippen molar-refractivity contribution < 1.29 is 4.39 Å². The molecule has 1 aromatic carbocycles. The van der Waals surface area contributed by atoms with Crippen LogP contribution in [0.4, 0.5) is 4.39 Å². The summed E-state index contributed by atoms with van der Waals surface area (Å²) in [5.41, 5.74) is 3.14. The highest BCUT2D eigenvalue weighted by Gasteiger charge is 2.12. The number of thiophene rings is 1. The summed E-state index contributed by atoms with van der Waals surface area (Å²) in [5, 5.41) is 5.33. The zero-order chi connectivity index (χ0) is 13.9. The molecule has 0 amide bonds. The minimum atomic E-state index is -0.191. The Labute approximate surface area is 121 Å². The van der Waals surface area contributed by atoms with Crippen LogP contribution in [0.1, 0.15) is 17.2 Å². The number of rotatable bonds is 4. The van der Waals surface area contributed by atoms with Crippen LogP contribution in [0, 0.1) is 5.82 Å². The van der Waals surface area contributed by atoms with E-state index >= 15 is 0 Å². The number of hydrogen-bond donors (Lipinski definition) is 1. The van der Waals surface area contributed by atoms with Gasteiger partial charge in [0.25, 0.3) is 0 Å². The van der Waals surface area contributed by atoms with Gasteiger partial charge in [0.05, 0.1) is 10.2 Å². The van der Waals surface area contributed by atoms with Crippen LogP contribution in [-0.2, 0) is 6.42 Å². The average Bonchev–Trinajstić information content (AvgIpc) is 2.92. The topological polar surface area (TPSA) is 24.9 Å². The SMILES string of the molecule is CNC(Cc1cccc(F)c1)c1cnc2ccsc2c1. The van der Waals surface area contributed by atoms with Crippen LogP contribution in [-0.4, -0.2) is 12.0 Å². The first-order chi connectivity index (χ1) is 9.76. The summed E-state index contributed by atoms with van der Waals surface area (Å²) in [6, 6.07) is 11.1. The van der Waals surface area contributed by atoms with E-state index in [2.05, 4.69) is 16.4 Å². The molecular weight excluding hydrogens is 271 g/mol. The minimum Gasteiger partial charge on any atom is -0.313 e. The van der Waals surface area contributed by atoms with Gasteiger partial charge in [0, 0.05) is 12.2 Å². The number of pyridine rings is 1. The second-order valence-electron chi connectivity index (χ2n) is 4.75. The summed E-state index contributed by atoms with van der Waals surface area (Å²) in [4.78, 5) is 4.47. The quantitative estimate of drug-likeness (QED) is 0.786. The molecule has 1 unspecified atom stereocenters. The number of nitrogens with one attached hydrogen (secondary N) is 1. The highest BCUT2D eigenvalue weighted by Crippen LogP contribution is 2.24. The highest BCUT2D eigenvalue weighted by molar-refractivity contribution is 7.17. The number of hydrogen-bond acceptors (Lipinski definition) is 3. The summed E-state index contributed by atoms with van der Waals surface area (Å²) in [7, 11) is 1.92. The first kappa shape index (κ1) is 13.2. The van der Waals surface area contributed by atoms with E-state index in [0.29, 0.717) is 0 Å². The standard InChI is InChI=1S/C16H15FN2S/c1-18-15(8-11-3-2-4-13(17)7-11)12-9-16-14(19-10-12)5-6-20-16/h2-7,9-10,15,18H,8H2,1H3. The lowest BCUT2D eigenvalue weighted by Gasteiger charge is -2.16. The second-order valence-corrected chi connectivity index (χ2v) is 5.70. The smallest absolute Gasteiger partial charge is 0.123 e. The Hall–Kier alpha value is -1.78. The largest absolute Gasteiger partial charge is 0.313 e. The lowest BCUT2D eigenvalue weighted by molar-refractivity contribution is 0.583. The molecule has 0 spiro atoms. The molecule has 0 saturated carbocycles. The molecule has 0 aliphatic carbocycles. The first-order valence-electron chi connectivity index (χ1n) is 6.51. The van der Waals surface area contributed by atoms with Crippen LogP contribution >= 0.6 is 11.3 Å². The predicted octanol–water partition coefficient (Wildman–Crippen LogP) is 3.94. The molecule has 1 atom stereocenters. The number of halogens is 1. The molecule has 4 heteroatoms. The van der Waals surface area contributed by atoms with Crippen molar-refractivity contribution in [2.45, 2.75) is 12.5 Å². The maximum absolute atomic E-state index is 13.3. The summed E-state index contributed by atoms with van der Waals surface area (Å²) < 4.78 is 14.4. The molecule has 0 saturated heterocycles. The number of aromatic nitrogens is 1. The molecule has 0 fully saturated rings. The van der Waals surface area contributed by atoms with Crippen molar-refractivity contribution in [2.75, 3.05) is 7.05 Å². The lowest BCUT2D eigenvalue weighted by atomic mass is 10.0. The Morgan fingerprint density at radius 2 is 2.20 bits per heavy atom. The molecule has 0 radical (unpaired) electrons. The third kappa shape index (κ3) is 2.71. The van der Waals surface area contributed by atoms with E-state index in [9.17, 15) is 4.39 Å². The van der Waals surface area contributed by atoms with Gasteiger partial charge in [-0.1, -0.05) is 12.1 Å². The fourth-order valence-corrected chi connectivity index (χ4v) is 3.13. The maximum atomic E-state index is 13.3. The minimum absolute atomic E-state index is 0.135. The van der Waals surface area contributed by atoms with Crippen molar-refractivity contribution in [3.05, 3.63) is 64.9 Å². The fourth-order valence-electron chi connectivity index (χ4n) is 2.34. The molecule has 2 heterocycles. The van der Waals surface area contributed by atoms with Gasteiger partial charge in [-0.05, 0) is 54.2 Å². The van der Waals surface area contributed by atoms with Crippen LogP contribution in [0.15, 0.2) is 48.0 Å². The monoisotopic (exact) mass is 286 g/mol. The van der Waals surface area contributed by atoms with Crippen LogP contribution in [0.3, 0.4) is 0 Å². The molecule has 1 N–H and O–H groups in total. The molecule has 2 nitrogen and oxygen atoms in total. The molecule has 102 valence electrons. The number of benzene rings is 1. The van der Waals surface area contributed by atoms with Crippen LogP contribution < -0.4 is 5.32 Å². The second kappa shape index (κ2) is 5.69. The summed E-state index contributed by atoms with van der Waals surface area (Å²) in [6.45, 7) is 0. The van der Waals surface area contributed by atoms with Gasteiger partial charge in [-0.15, -0.1) is 11.3 Å². The van der Waals surface area contributed by atoms with Gasteiger partial charge in [0.2, 0.25) is 0 Å². The van der Waals surface area contributed by atoms with Crippen molar-refractivity contribution in [1.82, 2.24) is 10.3 Å². The maximum Gasteiger partial charge on any atom is 0.123 e.